The van der Waals surface area contributed by atoms with E-state index in [0.717, 1.165) is 39.0 Å². The Balaban J connectivity index is 0.00000121. The standard InChI is InChI=1S/C15H20ClFN2O.2ClH/c16-11-4-5-12(17)15(20)13(11)14(10-2-1-3-10)19-8-6-18-7-9-19;;/h4-5,10,14,18,20H,1-3,6-9H2;2*1H/t14-;;/m0../s1. The van der Waals surface area contributed by atoms with Crippen molar-refractivity contribution in [2.75, 3.05) is 26.2 Å². The second-order valence-electron chi connectivity index (χ2n) is 5.71. The van der Waals surface area contributed by atoms with Gasteiger partial charge in [-0.05, 0) is 30.9 Å². The maximum absolute atomic E-state index is 13.7. The summed E-state index contributed by atoms with van der Waals surface area (Å²) in [6.07, 6.45) is 3.46. The summed E-state index contributed by atoms with van der Waals surface area (Å²) in [6, 6.07) is 2.82. The van der Waals surface area contributed by atoms with Gasteiger partial charge in [0.25, 0.3) is 0 Å². The second-order valence-corrected chi connectivity index (χ2v) is 6.12. The van der Waals surface area contributed by atoms with E-state index in [1.807, 2.05) is 0 Å². The first-order valence-corrected chi connectivity index (χ1v) is 7.68. The Bertz CT molecular complexity index is 494. The van der Waals surface area contributed by atoms with E-state index in [1.165, 1.54) is 12.5 Å². The van der Waals surface area contributed by atoms with Crippen molar-refractivity contribution in [2.24, 2.45) is 5.92 Å². The molecule has 0 bridgehead atoms. The van der Waals surface area contributed by atoms with E-state index in [0.29, 0.717) is 16.5 Å². The van der Waals surface area contributed by atoms with Crippen LogP contribution in [0.3, 0.4) is 0 Å². The van der Waals surface area contributed by atoms with Crippen LogP contribution in [0.5, 0.6) is 5.75 Å². The van der Waals surface area contributed by atoms with Gasteiger partial charge >= 0.3 is 0 Å². The van der Waals surface area contributed by atoms with E-state index < -0.39 is 5.82 Å². The number of nitrogens with one attached hydrogen (secondary N) is 1. The molecule has 1 heterocycles. The summed E-state index contributed by atoms with van der Waals surface area (Å²) in [5.41, 5.74) is 0.582. The van der Waals surface area contributed by atoms with E-state index >= 15 is 0 Å². The zero-order valence-corrected chi connectivity index (χ0v) is 14.6. The fourth-order valence-corrected chi connectivity index (χ4v) is 3.53. The van der Waals surface area contributed by atoms with Crippen LogP contribution in [0.1, 0.15) is 30.9 Å². The number of nitrogens with zero attached hydrogens (tertiary/aromatic N) is 1. The zero-order chi connectivity index (χ0) is 14.1. The van der Waals surface area contributed by atoms with Gasteiger partial charge in [0, 0.05) is 42.8 Å². The van der Waals surface area contributed by atoms with Gasteiger partial charge in [-0.25, -0.2) is 4.39 Å². The molecular weight excluding hydrogens is 350 g/mol. The summed E-state index contributed by atoms with van der Waals surface area (Å²) in [5, 5.41) is 13.9. The van der Waals surface area contributed by atoms with Crippen LogP contribution in [0, 0.1) is 11.7 Å². The molecule has 0 radical (unpaired) electrons. The first-order valence-electron chi connectivity index (χ1n) is 7.30. The van der Waals surface area contributed by atoms with Crippen molar-refractivity contribution in [1.82, 2.24) is 10.2 Å². The molecule has 2 N–H and O–H groups in total. The number of halogens is 4. The minimum absolute atomic E-state index is 0. The van der Waals surface area contributed by atoms with Crippen molar-refractivity contribution in [3.05, 3.63) is 28.5 Å². The maximum atomic E-state index is 13.7. The topological polar surface area (TPSA) is 35.5 Å². The largest absolute Gasteiger partial charge is 0.505 e. The highest BCUT2D eigenvalue weighted by atomic mass is 35.5. The van der Waals surface area contributed by atoms with Crippen molar-refractivity contribution in [3.63, 3.8) is 0 Å². The van der Waals surface area contributed by atoms with Crippen LogP contribution in [-0.2, 0) is 0 Å². The van der Waals surface area contributed by atoms with Crippen molar-refractivity contribution in [3.8, 4) is 5.75 Å². The third-order valence-corrected chi connectivity index (χ3v) is 4.88. The van der Waals surface area contributed by atoms with Gasteiger partial charge in [-0.3, -0.25) is 4.90 Å². The molecule has 1 atom stereocenters. The molecule has 1 aliphatic heterocycles. The highest BCUT2D eigenvalue weighted by Crippen LogP contribution is 2.47. The lowest BCUT2D eigenvalue weighted by Crippen LogP contribution is -2.48. The molecule has 2 fully saturated rings. The summed E-state index contributed by atoms with van der Waals surface area (Å²) in [5.74, 6) is -0.380. The first kappa shape index (κ1) is 19.8. The predicted octanol–water partition coefficient (Wildman–Crippen LogP) is 3.77. The summed E-state index contributed by atoms with van der Waals surface area (Å²) in [7, 11) is 0. The van der Waals surface area contributed by atoms with E-state index in [4.69, 9.17) is 11.6 Å². The monoisotopic (exact) mass is 370 g/mol. The Labute approximate surface area is 148 Å². The van der Waals surface area contributed by atoms with Gasteiger partial charge in [0.1, 0.15) is 0 Å². The zero-order valence-electron chi connectivity index (χ0n) is 12.2. The van der Waals surface area contributed by atoms with Gasteiger partial charge < -0.3 is 10.4 Å². The average molecular weight is 372 g/mol. The van der Waals surface area contributed by atoms with Crippen molar-refractivity contribution in [2.45, 2.75) is 25.3 Å². The molecular formula is C15H22Cl3FN2O. The molecule has 3 rings (SSSR count). The van der Waals surface area contributed by atoms with Crippen LogP contribution in [-0.4, -0.2) is 36.2 Å². The lowest BCUT2D eigenvalue weighted by Gasteiger charge is -2.43. The van der Waals surface area contributed by atoms with Crippen LogP contribution < -0.4 is 5.32 Å². The highest BCUT2D eigenvalue weighted by Gasteiger charge is 2.36. The molecule has 1 aromatic rings. The van der Waals surface area contributed by atoms with Crippen LogP contribution in [0.2, 0.25) is 5.02 Å². The molecule has 1 aliphatic carbocycles. The van der Waals surface area contributed by atoms with Crippen molar-refractivity contribution >= 4 is 36.4 Å². The number of phenols is 1. The lowest BCUT2D eigenvalue weighted by molar-refractivity contribution is 0.0816. The van der Waals surface area contributed by atoms with Gasteiger partial charge in [-0.1, -0.05) is 18.0 Å². The van der Waals surface area contributed by atoms with Gasteiger partial charge in [0.2, 0.25) is 0 Å². The minimum Gasteiger partial charge on any atom is -0.505 e. The molecule has 126 valence electrons. The number of rotatable bonds is 3. The van der Waals surface area contributed by atoms with Gasteiger partial charge in [0.15, 0.2) is 11.6 Å². The Morgan fingerprint density at radius 1 is 1.23 bits per heavy atom. The van der Waals surface area contributed by atoms with E-state index in [-0.39, 0.29) is 36.6 Å². The number of benzene rings is 1. The molecule has 0 aromatic heterocycles. The maximum Gasteiger partial charge on any atom is 0.165 e. The smallest absolute Gasteiger partial charge is 0.165 e. The van der Waals surface area contributed by atoms with Crippen LogP contribution in [0.15, 0.2) is 12.1 Å². The molecule has 1 aromatic carbocycles. The Hall–Kier alpha value is -0.260. The van der Waals surface area contributed by atoms with E-state index in [9.17, 15) is 9.50 Å². The molecule has 1 saturated carbocycles. The molecule has 2 aliphatic rings. The number of hydrogen-bond donors (Lipinski definition) is 2. The van der Waals surface area contributed by atoms with Crippen molar-refractivity contribution in [1.29, 1.82) is 0 Å². The molecule has 3 nitrogen and oxygen atoms in total. The highest BCUT2D eigenvalue weighted by molar-refractivity contribution is 6.31. The van der Waals surface area contributed by atoms with Gasteiger partial charge in [0.05, 0.1) is 0 Å². The van der Waals surface area contributed by atoms with Crippen LogP contribution in [0.4, 0.5) is 4.39 Å². The molecule has 0 amide bonds. The van der Waals surface area contributed by atoms with Gasteiger partial charge in [-0.15, -0.1) is 24.8 Å². The summed E-state index contributed by atoms with van der Waals surface area (Å²) in [4.78, 5) is 2.33. The van der Waals surface area contributed by atoms with Crippen LogP contribution in [0.25, 0.3) is 0 Å². The Kier molecular flexibility index (Phi) is 7.69. The summed E-state index contributed by atoms with van der Waals surface area (Å²) in [6.45, 7) is 3.68. The average Bonchev–Trinajstić information content (AvgIpc) is 2.41. The van der Waals surface area contributed by atoms with Crippen molar-refractivity contribution < 1.29 is 9.50 Å². The third kappa shape index (κ3) is 3.80. The number of aromatic hydroxyl groups is 1. The normalized spacial score (nSPS) is 20.5. The van der Waals surface area contributed by atoms with E-state index in [2.05, 4.69) is 10.2 Å². The molecule has 22 heavy (non-hydrogen) atoms. The summed E-state index contributed by atoms with van der Waals surface area (Å²) >= 11 is 6.27. The summed E-state index contributed by atoms with van der Waals surface area (Å²) < 4.78 is 13.7. The number of piperazine rings is 1. The molecule has 0 spiro atoms. The molecule has 7 heteroatoms. The number of hydrogen-bond acceptors (Lipinski definition) is 3. The minimum atomic E-state index is -0.580. The Morgan fingerprint density at radius 3 is 2.41 bits per heavy atom. The quantitative estimate of drug-likeness (QED) is 0.849. The van der Waals surface area contributed by atoms with Gasteiger partial charge in [-0.2, -0.15) is 0 Å². The fourth-order valence-electron chi connectivity index (χ4n) is 3.27. The SMILES string of the molecule is Cl.Cl.Oc1c(F)ccc(Cl)c1[C@H](C1CCC1)N1CCNCC1. The van der Waals surface area contributed by atoms with Crippen LogP contribution >= 0.6 is 36.4 Å². The lowest BCUT2D eigenvalue weighted by atomic mass is 9.76. The fraction of sp³-hybridized carbons (Fsp3) is 0.600. The Morgan fingerprint density at radius 2 is 1.86 bits per heavy atom. The second kappa shape index (κ2) is 8.55. The molecule has 0 unspecified atom stereocenters. The first-order chi connectivity index (χ1) is 9.68. The number of phenolic OH excluding ortho intramolecular Hbond substituents is 1. The third-order valence-electron chi connectivity index (χ3n) is 4.55. The predicted molar refractivity (Wildman–Crippen MR) is 92.1 cm³/mol. The van der Waals surface area contributed by atoms with E-state index in [1.54, 1.807) is 6.07 Å². The molecule has 1 saturated heterocycles.